The van der Waals surface area contributed by atoms with Crippen LogP contribution in [0, 0.1) is 0 Å². The van der Waals surface area contributed by atoms with Crippen molar-refractivity contribution in [3.8, 4) is 0 Å². The summed E-state index contributed by atoms with van der Waals surface area (Å²) in [5.41, 5.74) is 1.44. The summed E-state index contributed by atoms with van der Waals surface area (Å²) >= 11 is 1.37. The molecular weight excluding hydrogens is 310 g/mol. The number of anilines is 2. The molecule has 108 valence electrons. The zero-order valence-corrected chi connectivity index (χ0v) is 12.6. The number of hydrogen-bond donors (Lipinski definition) is 1. The molecule has 1 aliphatic rings. The first kappa shape index (κ1) is 14.1. The van der Waals surface area contributed by atoms with Crippen molar-refractivity contribution in [3.05, 3.63) is 42.0 Å². The fourth-order valence-electron chi connectivity index (χ4n) is 2.34. The van der Waals surface area contributed by atoms with Gasteiger partial charge in [0.05, 0.1) is 11.4 Å². The van der Waals surface area contributed by atoms with Gasteiger partial charge in [-0.2, -0.15) is 8.42 Å². The van der Waals surface area contributed by atoms with Crippen LogP contribution in [-0.2, 0) is 10.1 Å². The Morgan fingerprint density at radius 1 is 1.19 bits per heavy atom. The predicted octanol–water partition coefficient (Wildman–Crippen LogP) is 2.98. The normalized spacial score (nSPS) is 13.5. The van der Waals surface area contributed by atoms with E-state index in [9.17, 15) is 17.8 Å². The van der Waals surface area contributed by atoms with E-state index in [4.69, 9.17) is 0 Å². The molecule has 0 saturated heterocycles. The van der Waals surface area contributed by atoms with Crippen LogP contribution < -0.4 is 4.90 Å². The molecule has 0 amide bonds. The smallest absolute Gasteiger partial charge is 0.296 e. The van der Waals surface area contributed by atoms with Crippen molar-refractivity contribution in [3.63, 3.8) is 0 Å². The van der Waals surface area contributed by atoms with Gasteiger partial charge in [0.25, 0.3) is 10.1 Å². The predicted molar refractivity (Wildman–Crippen MR) is 80.3 cm³/mol. The van der Waals surface area contributed by atoms with Crippen LogP contribution in [0.25, 0.3) is 0 Å². The summed E-state index contributed by atoms with van der Waals surface area (Å²) in [7, 11) is -2.70. The van der Waals surface area contributed by atoms with E-state index in [1.165, 1.54) is 17.8 Å². The Morgan fingerprint density at radius 2 is 1.90 bits per heavy atom. The fourth-order valence-corrected chi connectivity index (χ4v) is 4.41. The first-order chi connectivity index (χ1) is 9.91. The highest BCUT2D eigenvalue weighted by atomic mass is 32.2. The minimum Gasteiger partial charge on any atom is -0.342 e. The summed E-state index contributed by atoms with van der Waals surface area (Å²) in [4.78, 5) is 14.0. The molecule has 3 rings (SSSR count). The number of benzene rings is 2. The van der Waals surface area contributed by atoms with Gasteiger partial charge in [-0.3, -0.25) is 9.35 Å². The molecule has 0 spiro atoms. The summed E-state index contributed by atoms with van der Waals surface area (Å²) in [5.74, 6) is 0. The quantitative estimate of drug-likeness (QED) is 0.677. The van der Waals surface area contributed by atoms with Crippen molar-refractivity contribution in [1.82, 2.24) is 0 Å². The molecule has 1 aliphatic heterocycles. The number of para-hydroxylation sites is 1. The molecule has 0 aromatic heterocycles. The van der Waals surface area contributed by atoms with Crippen LogP contribution in [-0.4, -0.2) is 26.3 Å². The molecule has 1 heterocycles. The van der Waals surface area contributed by atoms with Crippen LogP contribution in [0.5, 0.6) is 0 Å². The highest BCUT2D eigenvalue weighted by Crippen LogP contribution is 2.49. The lowest BCUT2D eigenvalue weighted by molar-refractivity contribution is 0.112. The molecule has 2 aromatic carbocycles. The molecule has 0 aliphatic carbocycles. The molecular formula is C14H11NO4S2. The maximum absolute atomic E-state index is 11.6. The van der Waals surface area contributed by atoms with Crippen molar-refractivity contribution >= 4 is 39.5 Å². The maximum atomic E-state index is 11.6. The van der Waals surface area contributed by atoms with E-state index in [0.29, 0.717) is 16.9 Å². The van der Waals surface area contributed by atoms with Gasteiger partial charge in [-0.25, -0.2) is 0 Å². The minimum atomic E-state index is -4.43. The maximum Gasteiger partial charge on any atom is 0.296 e. The highest BCUT2D eigenvalue weighted by Gasteiger charge is 2.28. The van der Waals surface area contributed by atoms with Crippen molar-refractivity contribution in [2.75, 3.05) is 11.9 Å². The largest absolute Gasteiger partial charge is 0.342 e. The van der Waals surface area contributed by atoms with Gasteiger partial charge >= 0.3 is 0 Å². The van der Waals surface area contributed by atoms with Crippen molar-refractivity contribution < 1.29 is 17.8 Å². The van der Waals surface area contributed by atoms with Gasteiger partial charge in [0, 0.05) is 22.4 Å². The lowest BCUT2D eigenvalue weighted by Gasteiger charge is -2.30. The molecule has 0 saturated carbocycles. The number of carbonyl (C=O) groups is 1. The van der Waals surface area contributed by atoms with E-state index in [1.54, 1.807) is 18.0 Å². The Morgan fingerprint density at radius 3 is 2.57 bits per heavy atom. The zero-order valence-electron chi connectivity index (χ0n) is 11.0. The molecule has 0 unspecified atom stereocenters. The first-order valence-electron chi connectivity index (χ1n) is 6.03. The Hall–Kier alpha value is -1.83. The Kier molecular flexibility index (Phi) is 3.27. The van der Waals surface area contributed by atoms with Crippen LogP contribution in [0.1, 0.15) is 10.4 Å². The second kappa shape index (κ2) is 4.87. The third-order valence-corrected chi connectivity index (χ3v) is 5.22. The Balaban J connectivity index is 2.32. The second-order valence-electron chi connectivity index (χ2n) is 4.59. The third-order valence-electron chi connectivity index (χ3n) is 3.26. The van der Waals surface area contributed by atoms with E-state index in [-0.39, 0.29) is 10.5 Å². The van der Waals surface area contributed by atoms with Crippen LogP contribution in [0.4, 0.5) is 11.4 Å². The van der Waals surface area contributed by atoms with Gasteiger partial charge in [0.2, 0.25) is 0 Å². The Labute approximate surface area is 126 Å². The average Bonchev–Trinajstić information content (AvgIpc) is 2.45. The lowest BCUT2D eigenvalue weighted by Crippen LogP contribution is -2.18. The number of carbonyl (C=O) groups excluding carboxylic acids is 1. The zero-order chi connectivity index (χ0) is 15.2. The summed E-state index contributed by atoms with van der Waals surface area (Å²) in [6.45, 7) is 0. The van der Waals surface area contributed by atoms with E-state index in [0.717, 1.165) is 10.6 Å². The van der Waals surface area contributed by atoms with Crippen LogP contribution >= 0.6 is 11.8 Å². The Bertz CT molecular complexity index is 846. The summed E-state index contributed by atoms with van der Waals surface area (Å²) in [6.07, 6.45) is 0.566. The van der Waals surface area contributed by atoms with Crippen LogP contribution in [0.2, 0.25) is 0 Å². The molecule has 21 heavy (non-hydrogen) atoms. The highest BCUT2D eigenvalue weighted by molar-refractivity contribution is 7.99. The number of aldehydes is 1. The van der Waals surface area contributed by atoms with Gasteiger partial charge in [-0.15, -0.1) is 0 Å². The number of rotatable bonds is 2. The fraction of sp³-hybridized carbons (Fsp3) is 0.0714. The van der Waals surface area contributed by atoms with Crippen molar-refractivity contribution in [1.29, 1.82) is 0 Å². The first-order valence-corrected chi connectivity index (χ1v) is 8.29. The molecule has 0 atom stereocenters. The molecule has 2 aromatic rings. The molecule has 5 nitrogen and oxygen atoms in total. The molecule has 0 radical (unpaired) electrons. The van der Waals surface area contributed by atoms with Gasteiger partial charge < -0.3 is 4.90 Å². The van der Waals surface area contributed by atoms with E-state index < -0.39 is 10.1 Å². The second-order valence-corrected chi connectivity index (χ2v) is 7.06. The summed E-state index contributed by atoms with van der Waals surface area (Å²) < 4.78 is 32.7. The third kappa shape index (κ3) is 2.33. The molecule has 0 fully saturated rings. The monoisotopic (exact) mass is 321 g/mol. The topological polar surface area (TPSA) is 74.7 Å². The van der Waals surface area contributed by atoms with Gasteiger partial charge in [0.15, 0.2) is 0 Å². The number of hydrogen-bond acceptors (Lipinski definition) is 5. The summed E-state index contributed by atoms with van der Waals surface area (Å²) in [5, 5.41) is 0. The van der Waals surface area contributed by atoms with Crippen LogP contribution in [0.15, 0.2) is 51.1 Å². The lowest BCUT2D eigenvalue weighted by atomic mass is 10.2. The van der Waals surface area contributed by atoms with Gasteiger partial charge in [-0.05, 0) is 24.3 Å². The van der Waals surface area contributed by atoms with E-state index >= 15 is 0 Å². The van der Waals surface area contributed by atoms with Gasteiger partial charge in [0.1, 0.15) is 11.2 Å². The van der Waals surface area contributed by atoms with E-state index in [2.05, 4.69) is 0 Å². The SMILES string of the molecule is CN1c2ccccc2Sc2cc(C=O)cc(S(=O)(=O)O)c21. The number of nitrogens with zero attached hydrogens (tertiary/aromatic N) is 1. The average molecular weight is 321 g/mol. The summed E-state index contributed by atoms with van der Waals surface area (Å²) in [6, 6.07) is 10.3. The van der Waals surface area contributed by atoms with Crippen LogP contribution in [0.3, 0.4) is 0 Å². The molecule has 1 N–H and O–H groups in total. The van der Waals surface area contributed by atoms with E-state index in [1.807, 2.05) is 24.3 Å². The number of fused-ring (bicyclic) bond motifs is 2. The molecule has 7 heteroatoms. The van der Waals surface area contributed by atoms with Crippen molar-refractivity contribution in [2.24, 2.45) is 0 Å². The minimum absolute atomic E-state index is 0.210. The van der Waals surface area contributed by atoms with Crippen molar-refractivity contribution in [2.45, 2.75) is 14.7 Å². The van der Waals surface area contributed by atoms with Gasteiger partial charge in [-0.1, -0.05) is 23.9 Å². The molecule has 0 bridgehead atoms. The standard InChI is InChI=1S/C14H11NO4S2/c1-15-10-4-2-3-5-11(10)20-12-6-9(8-16)7-13(14(12)15)21(17,18)19/h2-8H,1H3,(H,17,18,19).